The summed E-state index contributed by atoms with van der Waals surface area (Å²) >= 11 is 1.76. The van der Waals surface area contributed by atoms with Crippen molar-refractivity contribution < 1.29 is 8.42 Å². The second kappa shape index (κ2) is 10.5. The van der Waals surface area contributed by atoms with E-state index in [0.29, 0.717) is 0 Å². The standard InChI is InChI=1S/C21H31N5O2S2/c1-4-5-15-26-20-11-10-18(30(27,28)24(2)3)17-19(20)23-21(26)29-16-8-6-7-13-25-14-9-12-22-25/h9-12,14,17H,4-8,13,15-16H2,1-3H3. The van der Waals surface area contributed by atoms with Crippen molar-refractivity contribution in [3.05, 3.63) is 36.7 Å². The fraction of sp³-hybridized carbons (Fsp3) is 0.524. The molecular formula is C21H31N5O2S2. The average molecular weight is 450 g/mol. The molecule has 0 spiro atoms. The van der Waals surface area contributed by atoms with Crippen LogP contribution < -0.4 is 0 Å². The Kier molecular flexibility index (Phi) is 7.96. The van der Waals surface area contributed by atoms with Crippen LogP contribution in [0.5, 0.6) is 0 Å². The van der Waals surface area contributed by atoms with Gasteiger partial charge >= 0.3 is 0 Å². The van der Waals surface area contributed by atoms with Crippen molar-refractivity contribution in [1.82, 2.24) is 23.6 Å². The molecule has 0 unspecified atom stereocenters. The number of imidazole rings is 1. The fourth-order valence-electron chi connectivity index (χ4n) is 3.25. The molecule has 164 valence electrons. The van der Waals surface area contributed by atoms with Crippen molar-refractivity contribution in [1.29, 1.82) is 0 Å². The Morgan fingerprint density at radius 1 is 1.10 bits per heavy atom. The molecule has 0 atom stereocenters. The highest BCUT2D eigenvalue weighted by Gasteiger charge is 2.19. The zero-order chi connectivity index (χ0) is 21.6. The van der Waals surface area contributed by atoms with Gasteiger partial charge < -0.3 is 4.57 Å². The van der Waals surface area contributed by atoms with Crippen LogP contribution in [0, 0.1) is 0 Å². The summed E-state index contributed by atoms with van der Waals surface area (Å²) in [7, 11) is -0.367. The van der Waals surface area contributed by atoms with Crippen LogP contribution in [0.1, 0.15) is 39.0 Å². The van der Waals surface area contributed by atoms with E-state index in [1.165, 1.54) is 4.31 Å². The number of thioether (sulfide) groups is 1. The first-order valence-electron chi connectivity index (χ1n) is 10.5. The van der Waals surface area contributed by atoms with E-state index in [2.05, 4.69) is 16.6 Å². The molecule has 0 saturated carbocycles. The molecule has 0 bridgehead atoms. The van der Waals surface area contributed by atoms with Crippen LogP contribution in [0.25, 0.3) is 11.0 Å². The highest BCUT2D eigenvalue weighted by atomic mass is 32.2. The van der Waals surface area contributed by atoms with Gasteiger partial charge in [0.1, 0.15) is 0 Å². The molecule has 0 saturated heterocycles. The van der Waals surface area contributed by atoms with Crippen molar-refractivity contribution in [2.24, 2.45) is 0 Å². The first-order chi connectivity index (χ1) is 14.4. The summed E-state index contributed by atoms with van der Waals surface area (Å²) in [5, 5.41) is 5.21. The summed E-state index contributed by atoms with van der Waals surface area (Å²) in [5.74, 6) is 0.997. The van der Waals surface area contributed by atoms with Crippen molar-refractivity contribution in [3.63, 3.8) is 0 Å². The van der Waals surface area contributed by atoms with E-state index >= 15 is 0 Å². The Bertz CT molecular complexity index is 1040. The normalized spacial score (nSPS) is 12.3. The smallest absolute Gasteiger partial charge is 0.242 e. The number of aromatic nitrogens is 4. The number of hydrogen-bond donors (Lipinski definition) is 0. The molecule has 0 aliphatic carbocycles. The molecule has 3 aromatic rings. The van der Waals surface area contributed by atoms with Crippen LogP contribution in [0.3, 0.4) is 0 Å². The number of hydrogen-bond acceptors (Lipinski definition) is 5. The van der Waals surface area contributed by atoms with E-state index in [1.54, 1.807) is 38.0 Å². The Balaban J connectivity index is 1.68. The van der Waals surface area contributed by atoms with Gasteiger partial charge in [0.25, 0.3) is 0 Å². The third-order valence-corrected chi connectivity index (χ3v) is 7.89. The molecule has 30 heavy (non-hydrogen) atoms. The lowest BCUT2D eigenvalue weighted by Gasteiger charge is -2.11. The lowest BCUT2D eigenvalue weighted by molar-refractivity contribution is 0.521. The Morgan fingerprint density at radius 2 is 1.93 bits per heavy atom. The molecule has 0 aliphatic heterocycles. The maximum Gasteiger partial charge on any atom is 0.242 e. The molecule has 0 amide bonds. The van der Waals surface area contributed by atoms with E-state index in [-0.39, 0.29) is 4.90 Å². The molecular weight excluding hydrogens is 418 g/mol. The van der Waals surface area contributed by atoms with E-state index < -0.39 is 10.0 Å². The monoisotopic (exact) mass is 449 g/mol. The molecule has 3 rings (SSSR count). The van der Waals surface area contributed by atoms with Gasteiger partial charge in [-0.05, 0) is 43.5 Å². The lowest BCUT2D eigenvalue weighted by atomic mass is 10.2. The summed E-state index contributed by atoms with van der Waals surface area (Å²) in [5.41, 5.74) is 1.75. The van der Waals surface area contributed by atoms with Crippen LogP contribution in [0.15, 0.2) is 46.7 Å². The molecule has 0 aliphatic rings. The van der Waals surface area contributed by atoms with Crippen molar-refractivity contribution in [2.75, 3.05) is 19.8 Å². The van der Waals surface area contributed by atoms with Crippen molar-refractivity contribution in [2.45, 2.75) is 62.2 Å². The lowest BCUT2D eigenvalue weighted by Crippen LogP contribution is -2.22. The van der Waals surface area contributed by atoms with E-state index in [9.17, 15) is 8.42 Å². The van der Waals surface area contributed by atoms with Gasteiger partial charge in [-0.15, -0.1) is 0 Å². The number of nitrogens with zero attached hydrogens (tertiary/aromatic N) is 5. The predicted molar refractivity (Wildman–Crippen MR) is 122 cm³/mol. The van der Waals surface area contributed by atoms with Gasteiger partial charge in [-0.1, -0.05) is 31.5 Å². The molecule has 0 radical (unpaired) electrons. The number of benzene rings is 1. The highest BCUT2D eigenvalue weighted by Crippen LogP contribution is 2.28. The quantitative estimate of drug-likeness (QED) is 0.305. The number of rotatable bonds is 12. The summed E-state index contributed by atoms with van der Waals surface area (Å²) in [6.07, 6.45) is 9.35. The molecule has 2 heterocycles. The minimum atomic E-state index is -3.46. The predicted octanol–water partition coefficient (Wildman–Crippen LogP) is 4.25. The average Bonchev–Trinajstić information content (AvgIpc) is 3.36. The molecule has 7 nitrogen and oxygen atoms in total. The maximum absolute atomic E-state index is 12.5. The Hall–Kier alpha value is -1.84. The highest BCUT2D eigenvalue weighted by molar-refractivity contribution is 7.99. The Labute approximate surface area is 183 Å². The summed E-state index contributed by atoms with van der Waals surface area (Å²) in [6, 6.07) is 7.22. The Morgan fingerprint density at radius 3 is 2.63 bits per heavy atom. The van der Waals surface area contributed by atoms with E-state index in [1.807, 2.05) is 29.2 Å². The summed E-state index contributed by atoms with van der Waals surface area (Å²) in [6.45, 7) is 4.03. The number of fused-ring (bicyclic) bond motifs is 1. The van der Waals surface area contributed by atoms with Gasteiger partial charge in [0.05, 0.1) is 15.9 Å². The van der Waals surface area contributed by atoms with Crippen molar-refractivity contribution >= 4 is 32.8 Å². The SMILES string of the molecule is CCCCn1c(SCCCCCn2cccn2)nc2cc(S(=O)(=O)N(C)C)ccc21. The minimum Gasteiger partial charge on any atom is -0.319 e. The van der Waals surface area contributed by atoms with Gasteiger partial charge in [-0.2, -0.15) is 5.10 Å². The zero-order valence-corrected chi connectivity index (χ0v) is 19.6. The van der Waals surface area contributed by atoms with Crippen LogP contribution >= 0.6 is 11.8 Å². The van der Waals surface area contributed by atoms with Crippen LogP contribution in [-0.2, 0) is 23.1 Å². The third-order valence-electron chi connectivity index (χ3n) is 5.02. The van der Waals surface area contributed by atoms with Crippen LogP contribution in [0.4, 0.5) is 0 Å². The maximum atomic E-state index is 12.5. The third kappa shape index (κ3) is 5.44. The molecule has 1 aromatic carbocycles. The second-order valence-corrected chi connectivity index (χ2v) is 10.7. The first kappa shape index (κ1) is 22.8. The fourth-order valence-corrected chi connectivity index (χ4v) is 5.21. The van der Waals surface area contributed by atoms with Crippen LogP contribution in [0.2, 0.25) is 0 Å². The van der Waals surface area contributed by atoms with Gasteiger partial charge in [-0.3, -0.25) is 4.68 Å². The topological polar surface area (TPSA) is 73.0 Å². The van der Waals surface area contributed by atoms with Gasteiger partial charge in [0.2, 0.25) is 10.0 Å². The minimum absolute atomic E-state index is 0.287. The first-order valence-corrected chi connectivity index (χ1v) is 12.9. The van der Waals surface area contributed by atoms with E-state index in [4.69, 9.17) is 4.98 Å². The van der Waals surface area contributed by atoms with E-state index in [0.717, 1.165) is 67.1 Å². The number of aryl methyl sites for hydroxylation is 2. The molecule has 9 heteroatoms. The van der Waals surface area contributed by atoms with Gasteiger partial charge in [-0.25, -0.2) is 17.7 Å². The van der Waals surface area contributed by atoms with Crippen LogP contribution in [-0.4, -0.2) is 51.9 Å². The van der Waals surface area contributed by atoms with Gasteiger partial charge in [0.15, 0.2) is 5.16 Å². The zero-order valence-electron chi connectivity index (χ0n) is 18.0. The summed E-state index contributed by atoms with van der Waals surface area (Å²) < 4.78 is 30.4. The molecule has 0 N–H and O–H groups in total. The second-order valence-electron chi connectivity index (χ2n) is 7.52. The molecule has 2 aromatic heterocycles. The van der Waals surface area contributed by atoms with Gasteiger partial charge in [0, 0.05) is 45.3 Å². The van der Waals surface area contributed by atoms with Crippen molar-refractivity contribution in [3.8, 4) is 0 Å². The largest absolute Gasteiger partial charge is 0.319 e. The summed E-state index contributed by atoms with van der Waals surface area (Å²) in [4.78, 5) is 5.07. The number of unbranched alkanes of at least 4 members (excludes halogenated alkanes) is 3. The molecule has 0 fully saturated rings. The number of sulfonamides is 1.